The monoisotopic (exact) mass is 231 g/mol. The zero-order valence-corrected chi connectivity index (χ0v) is 9.39. The van der Waals surface area contributed by atoms with Crippen LogP contribution >= 0.6 is 11.6 Å². The Bertz CT molecular complexity index is 319. The van der Waals surface area contributed by atoms with Gasteiger partial charge >= 0.3 is 0 Å². The fourth-order valence-electron chi connectivity index (χ4n) is 1.38. The summed E-state index contributed by atoms with van der Waals surface area (Å²) in [5.41, 5.74) is 0.731. The number of aliphatic hydroxyl groups is 1. The molecule has 2 N–H and O–H groups in total. The molecule has 0 aromatic heterocycles. The van der Waals surface area contributed by atoms with Crippen molar-refractivity contribution in [3.63, 3.8) is 0 Å². The van der Waals surface area contributed by atoms with Crippen LogP contribution in [0.25, 0.3) is 0 Å². The largest absolute Gasteiger partial charge is 0.394 e. The molecule has 0 bridgehead atoms. The Kier molecular flexibility index (Phi) is 5.02. The van der Waals surface area contributed by atoms with Crippen LogP contribution in [0.2, 0.25) is 5.02 Å². The van der Waals surface area contributed by atoms with Gasteiger partial charge in [0.05, 0.1) is 12.6 Å². The van der Waals surface area contributed by atoms with E-state index in [2.05, 4.69) is 5.32 Å². The van der Waals surface area contributed by atoms with Gasteiger partial charge in [-0.1, -0.05) is 24.6 Å². The van der Waals surface area contributed by atoms with Crippen molar-refractivity contribution in [2.24, 2.45) is 0 Å². The Hall–Kier alpha value is -0.640. The highest BCUT2D eigenvalue weighted by Gasteiger charge is 2.13. The zero-order chi connectivity index (χ0) is 11.3. The minimum atomic E-state index is -0.365. The molecule has 1 aromatic carbocycles. The first-order valence-electron chi connectivity index (χ1n) is 4.98. The highest BCUT2D eigenvalue weighted by molar-refractivity contribution is 6.31. The van der Waals surface area contributed by atoms with E-state index in [1.807, 2.05) is 6.92 Å². The van der Waals surface area contributed by atoms with E-state index < -0.39 is 0 Å². The summed E-state index contributed by atoms with van der Waals surface area (Å²) in [7, 11) is 0. The molecule has 0 aliphatic heterocycles. The second kappa shape index (κ2) is 6.05. The van der Waals surface area contributed by atoms with Crippen LogP contribution in [0.15, 0.2) is 18.2 Å². The van der Waals surface area contributed by atoms with Crippen molar-refractivity contribution >= 4 is 11.6 Å². The topological polar surface area (TPSA) is 32.3 Å². The second-order valence-electron chi connectivity index (χ2n) is 3.36. The first-order valence-corrected chi connectivity index (χ1v) is 5.36. The van der Waals surface area contributed by atoms with Crippen LogP contribution < -0.4 is 5.32 Å². The van der Waals surface area contributed by atoms with Crippen LogP contribution in [-0.2, 0) is 0 Å². The average molecular weight is 232 g/mol. The Morgan fingerprint density at radius 3 is 2.80 bits per heavy atom. The molecule has 0 fully saturated rings. The van der Waals surface area contributed by atoms with Crippen LogP contribution in [0, 0.1) is 5.82 Å². The van der Waals surface area contributed by atoms with E-state index in [1.54, 1.807) is 6.07 Å². The summed E-state index contributed by atoms with van der Waals surface area (Å²) in [5, 5.41) is 12.7. The second-order valence-corrected chi connectivity index (χ2v) is 3.76. The number of hydrogen-bond donors (Lipinski definition) is 2. The molecule has 0 aliphatic rings. The predicted octanol–water partition coefficient (Wildman–Crippen LogP) is 2.51. The molecule has 1 rings (SSSR count). The highest BCUT2D eigenvalue weighted by atomic mass is 35.5. The van der Waals surface area contributed by atoms with Gasteiger partial charge in [-0.2, -0.15) is 0 Å². The Morgan fingerprint density at radius 2 is 2.27 bits per heavy atom. The summed E-state index contributed by atoms with van der Waals surface area (Å²) in [6.07, 6.45) is 0.968. The third-order valence-corrected chi connectivity index (χ3v) is 2.49. The zero-order valence-electron chi connectivity index (χ0n) is 8.63. The third kappa shape index (κ3) is 3.45. The lowest BCUT2D eigenvalue weighted by Crippen LogP contribution is -2.25. The Morgan fingerprint density at radius 1 is 1.53 bits per heavy atom. The number of hydrogen-bond acceptors (Lipinski definition) is 2. The van der Waals surface area contributed by atoms with E-state index in [1.165, 1.54) is 12.1 Å². The van der Waals surface area contributed by atoms with Gasteiger partial charge in [-0.05, 0) is 30.7 Å². The summed E-state index contributed by atoms with van der Waals surface area (Å²) < 4.78 is 12.8. The van der Waals surface area contributed by atoms with Gasteiger partial charge in [0.25, 0.3) is 0 Å². The van der Waals surface area contributed by atoms with Gasteiger partial charge < -0.3 is 10.4 Å². The summed E-state index contributed by atoms with van der Waals surface area (Å²) in [6.45, 7) is 2.78. The van der Waals surface area contributed by atoms with Gasteiger partial charge in [0.2, 0.25) is 0 Å². The van der Waals surface area contributed by atoms with Crippen molar-refractivity contribution in [2.75, 3.05) is 13.2 Å². The molecule has 0 radical (unpaired) electrons. The van der Waals surface area contributed by atoms with Gasteiger partial charge in [-0.3, -0.25) is 0 Å². The molecule has 2 nitrogen and oxygen atoms in total. The molecule has 4 heteroatoms. The highest BCUT2D eigenvalue weighted by Crippen LogP contribution is 2.23. The standard InChI is InChI=1S/C11H15ClFNO/c1-2-5-14-11(7-15)9-4-3-8(13)6-10(9)12/h3-4,6,11,14-15H,2,5,7H2,1H3. The fraction of sp³-hybridized carbons (Fsp3) is 0.455. The summed E-state index contributed by atoms with van der Waals surface area (Å²) in [5.74, 6) is -0.365. The van der Waals surface area contributed by atoms with Crippen molar-refractivity contribution < 1.29 is 9.50 Å². The smallest absolute Gasteiger partial charge is 0.124 e. The molecule has 1 aromatic rings. The maximum atomic E-state index is 12.8. The number of halogens is 2. The lowest BCUT2D eigenvalue weighted by atomic mass is 10.1. The van der Waals surface area contributed by atoms with E-state index in [9.17, 15) is 9.50 Å². The average Bonchev–Trinajstić information content (AvgIpc) is 2.21. The summed E-state index contributed by atoms with van der Waals surface area (Å²) in [6, 6.07) is 3.98. The molecule has 0 amide bonds. The van der Waals surface area contributed by atoms with Gasteiger partial charge in [-0.15, -0.1) is 0 Å². The first kappa shape index (κ1) is 12.4. The lowest BCUT2D eigenvalue weighted by molar-refractivity contribution is 0.245. The minimum Gasteiger partial charge on any atom is -0.394 e. The van der Waals surface area contributed by atoms with Crippen LogP contribution in [0.3, 0.4) is 0 Å². The number of nitrogens with one attached hydrogen (secondary N) is 1. The molecule has 1 unspecified atom stereocenters. The molecule has 1 atom stereocenters. The van der Waals surface area contributed by atoms with Crippen molar-refractivity contribution in [3.05, 3.63) is 34.6 Å². The van der Waals surface area contributed by atoms with Crippen molar-refractivity contribution in [1.82, 2.24) is 5.32 Å². The summed E-state index contributed by atoms with van der Waals surface area (Å²) in [4.78, 5) is 0. The van der Waals surface area contributed by atoms with Crippen LogP contribution in [-0.4, -0.2) is 18.3 Å². The van der Waals surface area contributed by atoms with E-state index in [-0.39, 0.29) is 18.5 Å². The van der Waals surface area contributed by atoms with Crippen molar-refractivity contribution in [1.29, 1.82) is 0 Å². The van der Waals surface area contributed by atoms with E-state index in [0.717, 1.165) is 18.5 Å². The normalized spacial score (nSPS) is 12.8. The van der Waals surface area contributed by atoms with Crippen LogP contribution in [0.1, 0.15) is 24.9 Å². The predicted molar refractivity (Wildman–Crippen MR) is 59.5 cm³/mol. The third-order valence-electron chi connectivity index (χ3n) is 2.16. The van der Waals surface area contributed by atoms with Gasteiger partial charge in [0, 0.05) is 5.02 Å². The molecular weight excluding hydrogens is 217 g/mol. The SMILES string of the molecule is CCCNC(CO)c1ccc(F)cc1Cl. The molecule has 0 saturated heterocycles. The molecule has 0 saturated carbocycles. The molecule has 0 aliphatic carbocycles. The number of rotatable bonds is 5. The quantitative estimate of drug-likeness (QED) is 0.816. The lowest BCUT2D eigenvalue weighted by Gasteiger charge is -2.17. The Balaban J connectivity index is 2.81. The molecule has 15 heavy (non-hydrogen) atoms. The first-order chi connectivity index (χ1) is 7.19. The van der Waals surface area contributed by atoms with Gasteiger partial charge in [0.15, 0.2) is 0 Å². The molecule has 0 spiro atoms. The fourth-order valence-corrected chi connectivity index (χ4v) is 1.67. The summed E-state index contributed by atoms with van der Waals surface area (Å²) >= 11 is 5.89. The van der Waals surface area contributed by atoms with Crippen molar-refractivity contribution in [3.8, 4) is 0 Å². The molecular formula is C11H15ClFNO. The van der Waals surface area contributed by atoms with E-state index in [4.69, 9.17) is 11.6 Å². The number of benzene rings is 1. The maximum absolute atomic E-state index is 12.8. The maximum Gasteiger partial charge on any atom is 0.124 e. The number of aliphatic hydroxyl groups excluding tert-OH is 1. The van der Waals surface area contributed by atoms with E-state index in [0.29, 0.717) is 5.02 Å². The Labute approximate surface area is 94.1 Å². The van der Waals surface area contributed by atoms with Crippen LogP contribution in [0.4, 0.5) is 4.39 Å². The molecule has 0 heterocycles. The minimum absolute atomic E-state index is 0.0502. The molecule has 84 valence electrons. The van der Waals surface area contributed by atoms with Gasteiger partial charge in [0.1, 0.15) is 5.82 Å². The van der Waals surface area contributed by atoms with Gasteiger partial charge in [-0.25, -0.2) is 4.39 Å². The van der Waals surface area contributed by atoms with Crippen LogP contribution in [0.5, 0.6) is 0 Å². The van der Waals surface area contributed by atoms with E-state index >= 15 is 0 Å². The van der Waals surface area contributed by atoms with Crippen molar-refractivity contribution in [2.45, 2.75) is 19.4 Å².